The molecule has 0 bridgehead atoms. The number of halogens is 2. The Balaban J connectivity index is 1.63. The fraction of sp³-hybridized carbons (Fsp3) is 0.0625. The van der Waals surface area contributed by atoms with E-state index in [-0.39, 0.29) is 5.91 Å². The molecule has 3 aromatic rings. The van der Waals surface area contributed by atoms with E-state index in [1.54, 1.807) is 30.5 Å². The van der Waals surface area contributed by atoms with E-state index in [0.29, 0.717) is 33.8 Å². The smallest absolute Gasteiger partial charge is 0.258 e. The molecule has 1 amide bonds. The van der Waals surface area contributed by atoms with Crippen molar-refractivity contribution in [2.75, 3.05) is 10.6 Å². The summed E-state index contributed by atoms with van der Waals surface area (Å²) in [5.74, 6) is 0.794. The number of hydrogen-bond acceptors (Lipinski definition) is 5. The SMILES string of the molecule is O=C(Nc1ccc(Cl)cc1Cl)c1cnc(NCc2ccco2)nc1. The monoisotopic (exact) mass is 362 g/mol. The van der Waals surface area contributed by atoms with Gasteiger partial charge < -0.3 is 15.1 Å². The quantitative estimate of drug-likeness (QED) is 0.709. The fourth-order valence-corrected chi connectivity index (χ4v) is 2.36. The summed E-state index contributed by atoms with van der Waals surface area (Å²) in [5.41, 5.74) is 0.774. The number of carbonyl (C=O) groups excluding carboxylic acids is 1. The second-order valence-corrected chi connectivity index (χ2v) is 5.65. The Labute approximate surface area is 147 Å². The van der Waals surface area contributed by atoms with Gasteiger partial charge in [-0.2, -0.15) is 0 Å². The van der Waals surface area contributed by atoms with Gasteiger partial charge in [-0.15, -0.1) is 0 Å². The zero-order valence-electron chi connectivity index (χ0n) is 12.3. The molecule has 0 radical (unpaired) electrons. The van der Waals surface area contributed by atoms with Gasteiger partial charge in [-0.25, -0.2) is 9.97 Å². The van der Waals surface area contributed by atoms with Crippen molar-refractivity contribution in [1.29, 1.82) is 0 Å². The van der Waals surface area contributed by atoms with Crippen LogP contribution in [0.2, 0.25) is 10.0 Å². The van der Waals surface area contributed by atoms with E-state index in [2.05, 4.69) is 20.6 Å². The van der Waals surface area contributed by atoms with Crippen LogP contribution in [0.5, 0.6) is 0 Å². The van der Waals surface area contributed by atoms with Crippen LogP contribution in [-0.4, -0.2) is 15.9 Å². The van der Waals surface area contributed by atoms with Gasteiger partial charge in [0.15, 0.2) is 0 Å². The molecule has 3 rings (SSSR count). The van der Waals surface area contributed by atoms with Crippen molar-refractivity contribution in [3.05, 3.63) is 70.4 Å². The van der Waals surface area contributed by atoms with Crippen LogP contribution in [0.25, 0.3) is 0 Å². The first-order valence-corrected chi connectivity index (χ1v) is 7.72. The molecule has 0 aliphatic rings. The van der Waals surface area contributed by atoms with Gasteiger partial charge in [0.1, 0.15) is 5.76 Å². The maximum atomic E-state index is 12.2. The number of nitrogens with one attached hydrogen (secondary N) is 2. The third-order valence-corrected chi connectivity index (χ3v) is 3.64. The number of furan rings is 1. The minimum atomic E-state index is -0.364. The maximum Gasteiger partial charge on any atom is 0.258 e. The zero-order chi connectivity index (χ0) is 16.9. The van der Waals surface area contributed by atoms with E-state index in [4.69, 9.17) is 27.6 Å². The minimum Gasteiger partial charge on any atom is -0.467 e. The lowest BCUT2D eigenvalue weighted by molar-refractivity contribution is 0.102. The molecular formula is C16H12Cl2N4O2. The predicted octanol–water partition coefficient (Wildman–Crippen LogP) is 4.24. The van der Waals surface area contributed by atoms with Crippen LogP contribution in [0.15, 0.2) is 53.4 Å². The molecular weight excluding hydrogens is 351 g/mol. The number of benzene rings is 1. The molecule has 0 aliphatic carbocycles. The van der Waals surface area contributed by atoms with E-state index in [1.165, 1.54) is 12.4 Å². The number of rotatable bonds is 5. The predicted molar refractivity (Wildman–Crippen MR) is 92.5 cm³/mol. The Bertz CT molecular complexity index is 836. The summed E-state index contributed by atoms with van der Waals surface area (Å²) in [6, 6.07) is 8.46. The molecule has 6 nitrogen and oxygen atoms in total. The van der Waals surface area contributed by atoms with Gasteiger partial charge in [0.25, 0.3) is 5.91 Å². The Morgan fingerprint density at radius 1 is 1.17 bits per heavy atom. The summed E-state index contributed by atoms with van der Waals surface area (Å²) in [6.07, 6.45) is 4.44. The first kappa shape index (κ1) is 16.3. The normalized spacial score (nSPS) is 10.4. The Morgan fingerprint density at radius 3 is 2.62 bits per heavy atom. The van der Waals surface area contributed by atoms with Gasteiger partial charge in [0.2, 0.25) is 5.95 Å². The highest BCUT2D eigenvalue weighted by atomic mass is 35.5. The van der Waals surface area contributed by atoms with Crippen LogP contribution in [0, 0.1) is 0 Å². The maximum absolute atomic E-state index is 12.2. The third kappa shape index (κ3) is 4.04. The number of aromatic nitrogens is 2. The first-order valence-electron chi connectivity index (χ1n) is 6.96. The molecule has 2 heterocycles. The minimum absolute atomic E-state index is 0.310. The highest BCUT2D eigenvalue weighted by Gasteiger charge is 2.10. The third-order valence-electron chi connectivity index (χ3n) is 3.09. The van der Waals surface area contributed by atoms with Gasteiger partial charge in [-0.3, -0.25) is 4.79 Å². The number of carbonyl (C=O) groups is 1. The van der Waals surface area contributed by atoms with Crippen molar-refractivity contribution in [3.8, 4) is 0 Å². The molecule has 24 heavy (non-hydrogen) atoms. The Morgan fingerprint density at radius 2 is 1.96 bits per heavy atom. The number of hydrogen-bond donors (Lipinski definition) is 2. The number of anilines is 2. The van der Waals surface area contributed by atoms with E-state index in [0.717, 1.165) is 5.76 Å². The van der Waals surface area contributed by atoms with Crippen molar-refractivity contribution in [2.45, 2.75) is 6.54 Å². The number of nitrogens with zero attached hydrogens (tertiary/aromatic N) is 2. The fourth-order valence-electron chi connectivity index (χ4n) is 1.90. The zero-order valence-corrected chi connectivity index (χ0v) is 13.8. The highest BCUT2D eigenvalue weighted by Crippen LogP contribution is 2.25. The summed E-state index contributed by atoms with van der Waals surface area (Å²) in [4.78, 5) is 20.4. The van der Waals surface area contributed by atoms with Gasteiger partial charge in [0.05, 0.1) is 29.1 Å². The van der Waals surface area contributed by atoms with Gasteiger partial charge >= 0.3 is 0 Å². The first-order chi connectivity index (χ1) is 11.6. The Hall–Kier alpha value is -2.57. The summed E-state index contributed by atoms with van der Waals surface area (Å²) in [6.45, 7) is 0.457. The molecule has 0 atom stereocenters. The lowest BCUT2D eigenvalue weighted by Gasteiger charge is -2.08. The van der Waals surface area contributed by atoms with Crippen LogP contribution in [0.4, 0.5) is 11.6 Å². The van der Waals surface area contributed by atoms with Crippen LogP contribution >= 0.6 is 23.2 Å². The van der Waals surface area contributed by atoms with Crippen LogP contribution in [0.3, 0.4) is 0 Å². The van der Waals surface area contributed by atoms with Crippen molar-refractivity contribution in [3.63, 3.8) is 0 Å². The molecule has 0 saturated carbocycles. The highest BCUT2D eigenvalue weighted by molar-refractivity contribution is 6.36. The van der Waals surface area contributed by atoms with E-state index >= 15 is 0 Å². The van der Waals surface area contributed by atoms with Crippen molar-refractivity contribution in [1.82, 2.24) is 9.97 Å². The summed E-state index contributed by atoms with van der Waals surface area (Å²) >= 11 is 11.9. The summed E-state index contributed by atoms with van der Waals surface area (Å²) in [7, 11) is 0. The summed E-state index contributed by atoms with van der Waals surface area (Å²) in [5, 5.41) is 6.53. The largest absolute Gasteiger partial charge is 0.467 e. The molecule has 0 unspecified atom stereocenters. The van der Waals surface area contributed by atoms with Crippen molar-refractivity contribution >= 4 is 40.7 Å². The lowest BCUT2D eigenvalue weighted by Crippen LogP contribution is -2.13. The van der Waals surface area contributed by atoms with Gasteiger partial charge in [0, 0.05) is 17.4 Å². The van der Waals surface area contributed by atoms with Crippen molar-refractivity contribution < 1.29 is 9.21 Å². The molecule has 122 valence electrons. The van der Waals surface area contributed by atoms with E-state index in [9.17, 15) is 4.79 Å². The molecule has 2 N–H and O–H groups in total. The lowest BCUT2D eigenvalue weighted by atomic mass is 10.2. The second-order valence-electron chi connectivity index (χ2n) is 4.81. The molecule has 0 spiro atoms. The van der Waals surface area contributed by atoms with Gasteiger partial charge in [-0.05, 0) is 30.3 Å². The van der Waals surface area contributed by atoms with Gasteiger partial charge in [-0.1, -0.05) is 23.2 Å². The standard InChI is InChI=1S/C16H12Cl2N4O2/c17-11-3-4-14(13(18)6-11)22-15(23)10-7-19-16(20-8-10)21-9-12-2-1-5-24-12/h1-8H,9H2,(H,22,23)(H,19,20,21). The molecule has 1 aromatic carbocycles. The van der Waals surface area contributed by atoms with Crippen LogP contribution in [-0.2, 0) is 6.54 Å². The van der Waals surface area contributed by atoms with Crippen molar-refractivity contribution in [2.24, 2.45) is 0 Å². The average Bonchev–Trinajstić information content (AvgIpc) is 3.09. The molecule has 0 fully saturated rings. The average molecular weight is 363 g/mol. The molecule has 0 aliphatic heterocycles. The van der Waals surface area contributed by atoms with E-state index < -0.39 is 0 Å². The van der Waals surface area contributed by atoms with Crippen LogP contribution < -0.4 is 10.6 Å². The topological polar surface area (TPSA) is 80.0 Å². The molecule has 8 heteroatoms. The summed E-state index contributed by atoms with van der Waals surface area (Å²) < 4.78 is 5.20. The number of amides is 1. The van der Waals surface area contributed by atoms with E-state index in [1.807, 2.05) is 6.07 Å². The Kier molecular flexibility index (Phi) is 4.98. The molecule has 2 aromatic heterocycles. The van der Waals surface area contributed by atoms with Crippen LogP contribution in [0.1, 0.15) is 16.1 Å². The molecule has 0 saturated heterocycles. The second kappa shape index (κ2) is 7.33.